The number of nitrogens with one attached hydrogen (secondary N) is 2. The van der Waals surface area contributed by atoms with Crippen molar-refractivity contribution in [3.8, 4) is 0 Å². The number of rotatable bonds is 3. The Bertz CT molecular complexity index is 734. The maximum Gasteiger partial charge on any atom is 0.269 e. The van der Waals surface area contributed by atoms with Crippen molar-refractivity contribution in [2.24, 2.45) is 0 Å². The van der Waals surface area contributed by atoms with Gasteiger partial charge in [0.25, 0.3) is 5.91 Å². The van der Waals surface area contributed by atoms with Gasteiger partial charge in [-0.25, -0.2) is 4.39 Å². The Morgan fingerprint density at radius 2 is 1.67 bits per heavy atom. The van der Waals surface area contributed by atoms with E-state index in [-0.39, 0.29) is 11.8 Å². The Morgan fingerprint density at radius 1 is 1.00 bits per heavy atom. The third kappa shape index (κ3) is 4.91. The number of hydrogen-bond donors (Lipinski definition) is 2. The minimum Gasteiger partial charge on any atom is -0.273 e. The van der Waals surface area contributed by atoms with Crippen LogP contribution in [0.4, 0.5) is 4.39 Å². The molecule has 0 aliphatic rings. The maximum atomic E-state index is 13.1. The summed E-state index contributed by atoms with van der Waals surface area (Å²) >= 11 is 0. The van der Waals surface area contributed by atoms with Crippen LogP contribution in [0.5, 0.6) is 0 Å². The van der Waals surface area contributed by atoms with E-state index in [0.717, 1.165) is 5.56 Å². The van der Waals surface area contributed by atoms with Gasteiger partial charge in [0.05, 0.1) is 6.42 Å². The second-order valence-corrected chi connectivity index (χ2v) is 6.64. The van der Waals surface area contributed by atoms with E-state index < -0.39 is 17.6 Å². The molecule has 0 atom stereocenters. The molecule has 0 fully saturated rings. The van der Waals surface area contributed by atoms with Crippen LogP contribution >= 0.6 is 0 Å². The molecule has 0 heterocycles. The molecule has 4 nitrogen and oxygen atoms in total. The van der Waals surface area contributed by atoms with Crippen LogP contribution in [0.25, 0.3) is 0 Å². The molecular weight excluding hydrogens is 307 g/mol. The highest BCUT2D eigenvalue weighted by molar-refractivity contribution is 5.95. The number of amides is 2. The largest absolute Gasteiger partial charge is 0.273 e. The molecule has 2 rings (SSSR count). The van der Waals surface area contributed by atoms with Crippen molar-refractivity contribution < 1.29 is 14.0 Å². The van der Waals surface area contributed by atoms with Gasteiger partial charge in [0.15, 0.2) is 0 Å². The first-order valence-electron chi connectivity index (χ1n) is 7.70. The zero-order valence-electron chi connectivity index (χ0n) is 14.0. The van der Waals surface area contributed by atoms with Crippen LogP contribution in [0.2, 0.25) is 0 Å². The SMILES string of the molecule is CC(C)(C)c1ccc(C(=O)NNC(=O)Cc2cccc(F)c2)cc1. The molecule has 2 aromatic carbocycles. The van der Waals surface area contributed by atoms with Gasteiger partial charge in [0, 0.05) is 5.56 Å². The van der Waals surface area contributed by atoms with E-state index in [1.54, 1.807) is 18.2 Å². The van der Waals surface area contributed by atoms with Crippen LogP contribution in [0.1, 0.15) is 42.3 Å². The van der Waals surface area contributed by atoms with Gasteiger partial charge in [-0.05, 0) is 40.8 Å². The van der Waals surface area contributed by atoms with E-state index in [1.807, 2.05) is 12.1 Å². The molecule has 5 heteroatoms. The number of benzene rings is 2. The molecule has 0 saturated carbocycles. The standard InChI is InChI=1S/C19H21FN2O2/c1-19(2,3)15-9-7-14(8-10-15)18(24)22-21-17(23)12-13-5-4-6-16(20)11-13/h4-11H,12H2,1-3H3,(H,21,23)(H,22,24). The molecule has 0 radical (unpaired) electrons. The fourth-order valence-electron chi connectivity index (χ4n) is 2.20. The molecule has 24 heavy (non-hydrogen) atoms. The van der Waals surface area contributed by atoms with E-state index in [1.165, 1.54) is 18.2 Å². The highest BCUT2D eigenvalue weighted by atomic mass is 19.1. The normalized spacial score (nSPS) is 11.0. The Hall–Kier alpha value is -2.69. The zero-order valence-corrected chi connectivity index (χ0v) is 14.0. The predicted octanol–water partition coefficient (Wildman–Crippen LogP) is 3.13. The van der Waals surface area contributed by atoms with Crippen molar-refractivity contribution in [3.63, 3.8) is 0 Å². The first-order valence-corrected chi connectivity index (χ1v) is 7.70. The highest BCUT2D eigenvalue weighted by Gasteiger charge is 2.14. The molecule has 0 unspecified atom stereocenters. The van der Waals surface area contributed by atoms with Crippen molar-refractivity contribution in [2.75, 3.05) is 0 Å². The van der Waals surface area contributed by atoms with Gasteiger partial charge >= 0.3 is 0 Å². The smallest absolute Gasteiger partial charge is 0.269 e. The maximum absolute atomic E-state index is 13.1. The van der Waals surface area contributed by atoms with Crippen LogP contribution < -0.4 is 10.9 Å². The highest BCUT2D eigenvalue weighted by Crippen LogP contribution is 2.22. The van der Waals surface area contributed by atoms with Crippen molar-refractivity contribution in [2.45, 2.75) is 32.6 Å². The lowest BCUT2D eigenvalue weighted by atomic mass is 9.87. The van der Waals surface area contributed by atoms with Crippen LogP contribution in [0, 0.1) is 5.82 Å². The van der Waals surface area contributed by atoms with E-state index in [9.17, 15) is 14.0 Å². The van der Waals surface area contributed by atoms with Crippen molar-refractivity contribution in [1.29, 1.82) is 0 Å². The summed E-state index contributed by atoms with van der Waals surface area (Å²) in [5, 5.41) is 0. The van der Waals surface area contributed by atoms with Gasteiger partial charge in [0.2, 0.25) is 5.91 Å². The van der Waals surface area contributed by atoms with Gasteiger partial charge in [0.1, 0.15) is 5.82 Å². The number of halogens is 1. The van der Waals surface area contributed by atoms with Crippen molar-refractivity contribution >= 4 is 11.8 Å². The lowest BCUT2D eigenvalue weighted by molar-refractivity contribution is -0.121. The average Bonchev–Trinajstić information content (AvgIpc) is 2.52. The molecule has 2 N–H and O–H groups in total. The van der Waals surface area contributed by atoms with E-state index in [4.69, 9.17) is 0 Å². The minimum absolute atomic E-state index is 0.00811. The summed E-state index contributed by atoms with van der Waals surface area (Å²) in [6.45, 7) is 6.28. The van der Waals surface area contributed by atoms with Crippen molar-refractivity contribution in [1.82, 2.24) is 10.9 Å². The molecule has 126 valence electrons. The average molecular weight is 328 g/mol. The van der Waals surface area contributed by atoms with Crippen LogP contribution in [0.3, 0.4) is 0 Å². The Morgan fingerprint density at radius 3 is 2.25 bits per heavy atom. The van der Waals surface area contributed by atoms with Gasteiger partial charge < -0.3 is 0 Å². The third-order valence-corrected chi connectivity index (χ3v) is 3.58. The lowest BCUT2D eigenvalue weighted by Gasteiger charge is -2.19. The minimum atomic E-state index is -0.416. The number of carbonyl (C=O) groups is 2. The number of carbonyl (C=O) groups excluding carboxylic acids is 2. The fourth-order valence-corrected chi connectivity index (χ4v) is 2.20. The number of hydrazine groups is 1. The zero-order chi connectivity index (χ0) is 17.7. The van der Waals surface area contributed by atoms with E-state index in [2.05, 4.69) is 31.6 Å². The topological polar surface area (TPSA) is 58.2 Å². The molecular formula is C19H21FN2O2. The molecule has 0 bridgehead atoms. The van der Waals surface area contributed by atoms with Crippen LogP contribution in [-0.2, 0) is 16.6 Å². The van der Waals surface area contributed by atoms with Crippen LogP contribution in [-0.4, -0.2) is 11.8 Å². The first kappa shape index (κ1) is 17.7. The van der Waals surface area contributed by atoms with E-state index in [0.29, 0.717) is 11.1 Å². The Kier molecular flexibility index (Phi) is 5.34. The predicted molar refractivity (Wildman–Crippen MR) is 90.9 cm³/mol. The van der Waals surface area contributed by atoms with Crippen molar-refractivity contribution in [3.05, 3.63) is 71.0 Å². The Labute approximate surface area is 141 Å². The monoisotopic (exact) mass is 328 g/mol. The summed E-state index contributed by atoms with van der Waals surface area (Å²) in [5.74, 6) is -1.22. The summed E-state index contributed by atoms with van der Waals surface area (Å²) in [4.78, 5) is 23.8. The molecule has 0 saturated heterocycles. The fraction of sp³-hybridized carbons (Fsp3) is 0.263. The summed E-state index contributed by atoms with van der Waals surface area (Å²) in [6.07, 6.45) is -0.0129. The molecule has 2 amide bonds. The van der Waals surface area contributed by atoms with Gasteiger partial charge in [-0.3, -0.25) is 20.4 Å². The number of hydrogen-bond acceptors (Lipinski definition) is 2. The summed E-state index contributed by atoms with van der Waals surface area (Å²) in [5.41, 5.74) is 6.81. The van der Waals surface area contributed by atoms with Crippen LogP contribution in [0.15, 0.2) is 48.5 Å². The summed E-state index contributed by atoms with van der Waals surface area (Å²) < 4.78 is 13.1. The lowest BCUT2D eigenvalue weighted by Crippen LogP contribution is -2.42. The molecule has 2 aromatic rings. The van der Waals surface area contributed by atoms with Gasteiger partial charge in [-0.2, -0.15) is 0 Å². The second-order valence-electron chi connectivity index (χ2n) is 6.64. The molecule has 0 aromatic heterocycles. The summed E-state index contributed by atoms with van der Waals surface area (Å²) in [6, 6.07) is 13.0. The molecule has 0 aliphatic heterocycles. The van der Waals surface area contributed by atoms with Gasteiger partial charge in [-0.15, -0.1) is 0 Å². The molecule has 0 spiro atoms. The second kappa shape index (κ2) is 7.25. The quantitative estimate of drug-likeness (QED) is 0.851. The van der Waals surface area contributed by atoms with E-state index >= 15 is 0 Å². The summed E-state index contributed by atoms with van der Waals surface area (Å²) in [7, 11) is 0. The molecule has 0 aliphatic carbocycles. The first-order chi connectivity index (χ1) is 11.3. The van der Waals surface area contributed by atoms with Gasteiger partial charge in [-0.1, -0.05) is 45.0 Å². The Balaban J connectivity index is 1.89. The third-order valence-electron chi connectivity index (χ3n) is 3.58.